The molecule has 22 heavy (non-hydrogen) atoms. The third kappa shape index (κ3) is 9.23. The van der Waals surface area contributed by atoms with Gasteiger partial charge >= 0.3 is 6.03 Å². The van der Waals surface area contributed by atoms with Gasteiger partial charge in [0.2, 0.25) is 0 Å². The minimum atomic E-state index is -0.0400. The standard InChI is InChI=1S/C15H29N5O2/c1-4-20(10-6-14(2)12-16)15(22)19(3)13-18-9-8-17-7-5-11-21/h8-9,11,14H,4-7,10,12-13,16H2,1-3H3/b17-8-,18-9-. The average Bonchev–Trinajstić information content (AvgIpc) is 2.53. The highest BCUT2D eigenvalue weighted by Crippen LogP contribution is 2.04. The first-order valence-electron chi connectivity index (χ1n) is 7.68. The Kier molecular flexibility index (Phi) is 11.9. The summed E-state index contributed by atoms with van der Waals surface area (Å²) in [6, 6.07) is -0.0400. The summed E-state index contributed by atoms with van der Waals surface area (Å²) in [5, 5.41) is 0. The molecule has 126 valence electrons. The van der Waals surface area contributed by atoms with Crippen molar-refractivity contribution in [2.75, 3.05) is 39.9 Å². The lowest BCUT2D eigenvalue weighted by atomic mass is 10.1. The molecule has 0 radical (unpaired) electrons. The number of hydrogen-bond acceptors (Lipinski definition) is 5. The molecule has 0 saturated carbocycles. The van der Waals surface area contributed by atoms with E-state index >= 15 is 0 Å². The summed E-state index contributed by atoms with van der Waals surface area (Å²) in [5.74, 6) is 0.410. The van der Waals surface area contributed by atoms with Crippen LogP contribution in [0.15, 0.2) is 9.98 Å². The first-order chi connectivity index (χ1) is 10.6. The molecule has 2 N–H and O–H groups in total. The Labute approximate surface area is 133 Å². The molecule has 0 aliphatic heterocycles. The summed E-state index contributed by atoms with van der Waals surface area (Å²) in [5.41, 5.74) is 5.60. The SMILES string of the molecule is CCN(CCC(C)CN)C(=O)N(C)C/N=C\C=N/CCC=O. The Hall–Kier alpha value is -1.76. The molecule has 1 unspecified atom stereocenters. The maximum Gasteiger partial charge on any atom is 0.321 e. The minimum absolute atomic E-state index is 0.0400. The second kappa shape index (κ2) is 12.9. The molecule has 0 aliphatic rings. The largest absolute Gasteiger partial charge is 0.330 e. The van der Waals surface area contributed by atoms with E-state index in [2.05, 4.69) is 16.9 Å². The molecule has 0 bridgehead atoms. The fourth-order valence-electron chi connectivity index (χ4n) is 1.65. The van der Waals surface area contributed by atoms with Crippen molar-refractivity contribution in [1.29, 1.82) is 0 Å². The Bertz CT molecular complexity index is 371. The van der Waals surface area contributed by atoms with E-state index in [-0.39, 0.29) is 12.7 Å². The lowest BCUT2D eigenvalue weighted by Gasteiger charge is -2.27. The lowest BCUT2D eigenvalue weighted by Crippen LogP contribution is -2.42. The number of nitrogens with two attached hydrogens (primary N) is 1. The predicted molar refractivity (Wildman–Crippen MR) is 90.6 cm³/mol. The maximum atomic E-state index is 12.3. The summed E-state index contributed by atoms with van der Waals surface area (Å²) >= 11 is 0. The lowest BCUT2D eigenvalue weighted by molar-refractivity contribution is -0.107. The number of amides is 2. The Morgan fingerprint density at radius 2 is 2.00 bits per heavy atom. The van der Waals surface area contributed by atoms with E-state index in [1.807, 2.05) is 6.92 Å². The molecule has 0 aliphatic carbocycles. The van der Waals surface area contributed by atoms with Crippen molar-refractivity contribution < 1.29 is 9.59 Å². The van der Waals surface area contributed by atoms with Crippen LogP contribution in [0.2, 0.25) is 0 Å². The van der Waals surface area contributed by atoms with Gasteiger partial charge in [0.15, 0.2) is 0 Å². The van der Waals surface area contributed by atoms with Gasteiger partial charge in [0.25, 0.3) is 0 Å². The smallest absolute Gasteiger partial charge is 0.321 e. The highest BCUT2D eigenvalue weighted by atomic mass is 16.2. The van der Waals surface area contributed by atoms with Crippen LogP contribution in [0.4, 0.5) is 4.79 Å². The summed E-state index contributed by atoms with van der Waals surface area (Å²) < 4.78 is 0. The molecule has 0 aromatic carbocycles. The number of carbonyl (C=O) groups is 2. The molecule has 0 heterocycles. The van der Waals surface area contributed by atoms with Gasteiger partial charge in [0, 0.05) is 45.5 Å². The van der Waals surface area contributed by atoms with Gasteiger partial charge in [0.1, 0.15) is 13.0 Å². The zero-order valence-corrected chi connectivity index (χ0v) is 13.9. The molecule has 0 spiro atoms. The van der Waals surface area contributed by atoms with E-state index in [0.717, 1.165) is 12.7 Å². The second-order valence-corrected chi connectivity index (χ2v) is 5.17. The third-order valence-corrected chi connectivity index (χ3v) is 3.22. The van der Waals surface area contributed by atoms with Crippen molar-refractivity contribution in [1.82, 2.24) is 9.80 Å². The van der Waals surface area contributed by atoms with Crippen LogP contribution in [0.3, 0.4) is 0 Å². The molecular weight excluding hydrogens is 282 g/mol. The zero-order chi connectivity index (χ0) is 16.8. The first-order valence-corrected chi connectivity index (χ1v) is 7.68. The predicted octanol–water partition coefficient (Wildman–Crippen LogP) is 1.03. The first kappa shape index (κ1) is 20.2. The molecule has 7 nitrogen and oxygen atoms in total. The van der Waals surface area contributed by atoms with E-state index in [0.29, 0.717) is 38.5 Å². The molecule has 0 fully saturated rings. The van der Waals surface area contributed by atoms with Crippen molar-refractivity contribution in [2.45, 2.75) is 26.7 Å². The van der Waals surface area contributed by atoms with E-state index in [1.54, 1.807) is 29.3 Å². The number of aliphatic imine (C=N–C) groups is 2. The quantitative estimate of drug-likeness (QED) is 0.351. The van der Waals surface area contributed by atoms with Gasteiger partial charge in [-0.2, -0.15) is 0 Å². The van der Waals surface area contributed by atoms with Crippen LogP contribution in [-0.4, -0.2) is 74.4 Å². The molecule has 7 heteroatoms. The number of urea groups is 1. The van der Waals surface area contributed by atoms with Gasteiger partial charge in [-0.3, -0.25) is 9.98 Å². The monoisotopic (exact) mass is 311 g/mol. The van der Waals surface area contributed by atoms with Crippen molar-refractivity contribution >= 4 is 24.7 Å². The summed E-state index contributed by atoms with van der Waals surface area (Å²) in [4.78, 5) is 33.8. The zero-order valence-electron chi connectivity index (χ0n) is 13.9. The van der Waals surface area contributed by atoms with Crippen LogP contribution < -0.4 is 5.73 Å². The molecular formula is C15H29N5O2. The van der Waals surface area contributed by atoms with Crippen LogP contribution in [-0.2, 0) is 4.79 Å². The molecule has 0 saturated heterocycles. The van der Waals surface area contributed by atoms with E-state index in [1.165, 1.54) is 0 Å². The number of aldehydes is 1. The van der Waals surface area contributed by atoms with Crippen molar-refractivity contribution in [2.24, 2.45) is 21.6 Å². The van der Waals surface area contributed by atoms with Crippen LogP contribution in [0, 0.1) is 5.92 Å². The van der Waals surface area contributed by atoms with Gasteiger partial charge in [-0.1, -0.05) is 6.92 Å². The van der Waals surface area contributed by atoms with Crippen molar-refractivity contribution in [3.05, 3.63) is 0 Å². The fourth-order valence-corrected chi connectivity index (χ4v) is 1.65. The van der Waals surface area contributed by atoms with E-state index in [9.17, 15) is 9.59 Å². The van der Waals surface area contributed by atoms with Crippen molar-refractivity contribution in [3.63, 3.8) is 0 Å². The molecule has 0 aromatic rings. The van der Waals surface area contributed by atoms with Gasteiger partial charge in [-0.25, -0.2) is 4.79 Å². The maximum absolute atomic E-state index is 12.3. The number of carbonyl (C=O) groups excluding carboxylic acids is 2. The topological polar surface area (TPSA) is 91.4 Å². The van der Waals surface area contributed by atoms with Gasteiger partial charge < -0.3 is 20.3 Å². The highest BCUT2D eigenvalue weighted by Gasteiger charge is 2.16. The van der Waals surface area contributed by atoms with Gasteiger partial charge in [-0.15, -0.1) is 0 Å². The Balaban J connectivity index is 4.18. The Morgan fingerprint density at radius 1 is 1.32 bits per heavy atom. The number of rotatable bonds is 11. The number of hydrogen-bond donors (Lipinski definition) is 1. The minimum Gasteiger partial charge on any atom is -0.330 e. The molecule has 2 amide bonds. The van der Waals surface area contributed by atoms with Crippen LogP contribution in [0.5, 0.6) is 0 Å². The molecule has 0 rings (SSSR count). The molecule has 0 aromatic heterocycles. The number of nitrogens with zero attached hydrogens (tertiary/aromatic N) is 4. The summed E-state index contributed by atoms with van der Waals surface area (Å²) in [7, 11) is 1.72. The van der Waals surface area contributed by atoms with E-state index in [4.69, 9.17) is 5.73 Å². The van der Waals surface area contributed by atoms with Crippen molar-refractivity contribution in [3.8, 4) is 0 Å². The highest BCUT2D eigenvalue weighted by molar-refractivity contribution is 6.16. The van der Waals surface area contributed by atoms with Gasteiger partial charge in [-0.05, 0) is 25.8 Å². The van der Waals surface area contributed by atoms with Crippen LogP contribution in [0.1, 0.15) is 26.7 Å². The van der Waals surface area contributed by atoms with Gasteiger partial charge in [0.05, 0.1) is 0 Å². The summed E-state index contributed by atoms with van der Waals surface area (Å²) in [6.07, 6.45) is 5.22. The normalized spacial score (nSPS) is 12.7. The summed E-state index contributed by atoms with van der Waals surface area (Å²) in [6.45, 7) is 6.79. The van der Waals surface area contributed by atoms with Crippen LogP contribution >= 0.6 is 0 Å². The second-order valence-electron chi connectivity index (χ2n) is 5.17. The Morgan fingerprint density at radius 3 is 2.59 bits per heavy atom. The molecule has 1 atom stereocenters. The third-order valence-electron chi connectivity index (χ3n) is 3.22. The van der Waals surface area contributed by atoms with Crippen LogP contribution in [0.25, 0.3) is 0 Å². The fraction of sp³-hybridized carbons (Fsp3) is 0.733. The van der Waals surface area contributed by atoms with E-state index < -0.39 is 0 Å². The average molecular weight is 311 g/mol.